The largest absolute Gasteiger partial charge is 0.355 e. The fourth-order valence-corrected chi connectivity index (χ4v) is 5.55. The first-order chi connectivity index (χ1) is 13.1. The molecule has 0 amide bonds. The smallest absolute Gasteiger partial charge is 0.191 e. The third kappa shape index (κ3) is 7.16. The van der Waals surface area contributed by atoms with Crippen LogP contribution in [0.4, 0.5) is 0 Å². The van der Waals surface area contributed by atoms with E-state index in [1.165, 1.54) is 32.1 Å². The summed E-state index contributed by atoms with van der Waals surface area (Å²) in [7, 11) is -2.91. The molecule has 1 unspecified atom stereocenters. The molecular weight excluding hydrogens is 491 g/mol. The molecule has 1 saturated heterocycles. The summed E-state index contributed by atoms with van der Waals surface area (Å²) in [6.07, 6.45) is 9.66. The van der Waals surface area contributed by atoms with Crippen LogP contribution in [0, 0.1) is 5.92 Å². The maximum Gasteiger partial charge on any atom is 0.191 e. The highest BCUT2D eigenvalue weighted by Gasteiger charge is 2.28. The Balaban J connectivity index is 0.00000280. The van der Waals surface area contributed by atoms with Crippen molar-refractivity contribution >= 4 is 39.8 Å². The van der Waals surface area contributed by atoms with E-state index in [0.29, 0.717) is 18.9 Å². The van der Waals surface area contributed by atoms with E-state index in [1.807, 2.05) is 4.57 Å². The number of halogens is 1. The fraction of sp³-hybridized carbons (Fsp3) is 0.833. The van der Waals surface area contributed by atoms with E-state index in [1.54, 1.807) is 6.33 Å². The Morgan fingerprint density at radius 3 is 2.75 bits per heavy atom. The van der Waals surface area contributed by atoms with Crippen LogP contribution >= 0.6 is 24.0 Å². The molecule has 0 radical (unpaired) electrons. The van der Waals surface area contributed by atoms with Gasteiger partial charge < -0.3 is 15.2 Å². The molecule has 1 aromatic rings. The predicted molar refractivity (Wildman–Crippen MR) is 122 cm³/mol. The van der Waals surface area contributed by atoms with Crippen LogP contribution in [0.3, 0.4) is 0 Å². The Bertz CT molecular complexity index is 730. The molecule has 8 nitrogen and oxygen atoms in total. The van der Waals surface area contributed by atoms with Crippen molar-refractivity contribution in [1.29, 1.82) is 0 Å². The standard InChI is InChI=1S/C18H32N6O2S.HI/c1-2-17-23-21-14-24(17)10-9-19-18(20-12-15-6-4-3-5-7-15)22-16-8-11-27(25,26)13-16;/h14-16H,2-13H2,1H3,(H2,19,20,22);1H. The highest BCUT2D eigenvalue weighted by Crippen LogP contribution is 2.23. The van der Waals surface area contributed by atoms with Gasteiger partial charge in [0.2, 0.25) is 0 Å². The number of rotatable bonds is 7. The molecule has 1 aliphatic heterocycles. The van der Waals surface area contributed by atoms with Gasteiger partial charge in [0.05, 0.1) is 11.5 Å². The van der Waals surface area contributed by atoms with Gasteiger partial charge in [0.15, 0.2) is 15.8 Å². The maximum atomic E-state index is 11.8. The highest BCUT2D eigenvalue weighted by molar-refractivity contribution is 14.0. The minimum absolute atomic E-state index is 0. The fourth-order valence-electron chi connectivity index (χ4n) is 3.88. The number of aliphatic imine (C=N–C) groups is 1. The molecule has 10 heteroatoms. The Hall–Kier alpha value is -0.910. The molecule has 3 rings (SSSR count). The van der Waals surface area contributed by atoms with Gasteiger partial charge in [-0.25, -0.2) is 8.42 Å². The third-order valence-electron chi connectivity index (χ3n) is 5.46. The summed E-state index contributed by atoms with van der Waals surface area (Å²) in [6, 6.07) is -0.0475. The number of hydrogen-bond donors (Lipinski definition) is 2. The van der Waals surface area contributed by atoms with Crippen molar-refractivity contribution in [3.63, 3.8) is 0 Å². The van der Waals surface area contributed by atoms with Crippen molar-refractivity contribution in [2.75, 3.05) is 24.6 Å². The topological polar surface area (TPSA) is 101 Å². The van der Waals surface area contributed by atoms with E-state index >= 15 is 0 Å². The molecule has 1 aromatic heterocycles. The first-order valence-electron chi connectivity index (χ1n) is 10.2. The van der Waals surface area contributed by atoms with Crippen LogP contribution in [0.15, 0.2) is 11.3 Å². The molecule has 2 N–H and O–H groups in total. The van der Waals surface area contributed by atoms with Gasteiger partial charge in [-0.2, -0.15) is 0 Å². The molecule has 1 aliphatic carbocycles. The Labute approximate surface area is 185 Å². The number of sulfone groups is 1. The number of hydrogen-bond acceptors (Lipinski definition) is 5. The zero-order valence-corrected chi connectivity index (χ0v) is 19.8. The molecule has 1 atom stereocenters. The second-order valence-electron chi connectivity index (χ2n) is 7.66. The molecule has 160 valence electrons. The van der Waals surface area contributed by atoms with E-state index in [2.05, 4.69) is 27.8 Å². The minimum atomic E-state index is -2.91. The van der Waals surface area contributed by atoms with Crippen molar-refractivity contribution in [2.45, 2.75) is 64.5 Å². The number of aromatic nitrogens is 3. The summed E-state index contributed by atoms with van der Waals surface area (Å²) >= 11 is 0. The van der Waals surface area contributed by atoms with Crippen LogP contribution < -0.4 is 10.6 Å². The van der Waals surface area contributed by atoms with E-state index in [0.717, 1.165) is 31.3 Å². The normalized spacial score (nSPS) is 22.6. The average molecular weight is 524 g/mol. The quantitative estimate of drug-likeness (QED) is 0.320. The summed E-state index contributed by atoms with van der Waals surface area (Å²) in [5, 5.41) is 14.8. The average Bonchev–Trinajstić information content (AvgIpc) is 3.25. The van der Waals surface area contributed by atoms with Crippen LogP contribution in [0.2, 0.25) is 0 Å². The Morgan fingerprint density at radius 1 is 1.29 bits per heavy atom. The predicted octanol–water partition coefficient (Wildman–Crippen LogP) is 1.76. The van der Waals surface area contributed by atoms with Gasteiger partial charge in [-0.1, -0.05) is 26.2 Å². The van der Waals surface area contributed by atoms with Gasteiger partial charge in [-0.15, -0.1) is 34.2 Å². The van der Waals surface area contributed by atoms with Gasteiger partial charge in [0, 0.05) is 32.1 Å². The maximum absolute atomic E-state index is 11.8. The number of nitrogens with one attached hydrogen (secondary N) is 2. The lowest BCUT2D eigenvalue weighted by Crippen LogP contribution is -2.45. The summed E-state index contributed by atoms with van der Waals surface area (Å²) in [6.45, 7) is 4.32. The monoisotopic (exact) mass is 524 g/mol. The second-order valence-corrected chi connectivity index (χ2v) is 9.89. The van der Waals surface area contributed by atoms with E-state index < -0.39 is 9.84 Å². The van der Waals surface area contributed by atoms with Gasteiger partial charge in [0.25, 0.3) is 0 Å². The molecule has 2 heterocycles. The SMILES string of the molecule is CCc1nncn1CCNC(=NCC1CCCCC1)NC1CCS(=O)(=O)C1.I. The number of nitrogens with zero attached hydrogens (tertiary/aromatic N) is 4. The molecule has 0 spiro atoms. The molecular formula is C18H33IN6O2S. The molecule has 2 aliphatic rings. The van der Waals surface area contributed by atoms with Crippen molar-refractivity contribution in [3.05, 3.63) is 12.2 Å². The van der Waals surface area contributed by atoms with Gasteiger partial charge in [-0.05, 0) is 25.2 Å². The lowest BCUT2D eigenvalue weighted by Gasteiger charge is -2.21. The molecule has 1 saturated carbocycles. The Kier molecular flexibility index (Phi) is 9.45. The zero-order valence-electron chi connectivity index (χ0n) is 16.6. The first kappa shape index (κ1) is 23.4. The van der Waals surface area contributed by atoms with Gasteiger partial charge in [-0.3, -0.25) is 4.99 Å². The summed E-state index contributed by atoms with van der Waals surface area (Å²) in [5.41, 5.74) is 0. The number of aryl methyl sites for hydroxylation is 1. The molecule has 0 bridgehead atoms. The van der Waals surface area contributed by atoms with Crippen molar-refractivity contribution in [3.8, 4) is 0 Å². The van der Waals surface area contributed by atoms with E-state index in [-0.39, 0.29) is 41.5 Å². The summed E-state index contributed by atoms with van der Waals surface area (Å²) < 4.78 is 25.5. The van der Waals surface area contributed by atoms with Crippen molar-refractivity contribution < 1.29 is 8.42 Å². The van der Waals surface area contributed by atoms with E-state index in [9.17, 15) is 8.42 Å². The molecule has 0 aromatic carbocycles. The van der Waals surface area contributed by atoms with Crippen LogP contribution in [-0.2, 0) is 22.8 Å². The van der Waals surface area contributed by atoms with Gasteiger partial charge >= 0.3 is 0 Å². The lowest BCUT2D eigenvalue weighted by atomic mass is 9.89. The molecule has 2 fully saturated rings. The Morgan fingerprint density at radius 2 is 2.07 bits per heavy atom. The van der Waals surface area contributed by atoms with Crippen LogP contribution in [-0.4, -0.2) is 59.8 Å². The van der Waals surface area contributed by atoms with E-state index in [4.69, 9.17) is 4.99 Å². The summed E-state index contributed by atoms with van der Waals surface area (Å²) in [5.74, 6) is 2.80. The van der Waals surface area contributed by atoms with Gasteiger partial charge in [0.1, 0.15) is 12.2 Å². The first-order valence-corrected chi connectivity index (χ1v) is 12.0. The minimum Gasteiger partial charge on any atom is -0.355 e. The molecule has 28 heavy (non-hydrogen) atoms. The number of guanidine groups is 1. The lowest BCUT2D eigenvalue weighted by molar-refractivity contribution is 0.366. The zero-order chi connectivity index (χ0) is 19.1. The highest BCUT2D eigenvalue weighted by atomic mass is 127. The second kappa shape index (κ2) is 11.3. The summed E-state index contributed by atoms with van der Waals surface area (Å²) in [4.78, 5) is 4.78. The van der Waals surface area contributed by atoms with Crippen molar-refractivity contribution in [1.82, 2.24) is 25.4 Å². The third-order valence-corrected chi connectivity index (χ3v) is 7.23. The van der Waals surface area contributed by atoms with Crippen LogP contribution in [0.1, 0.15) is 51.3 Å². The van der Waals surface area contributed by atoms with Crippen molar-refractivity contribution in [2.24, 2.45) is 10.9 Å². The van der Waals surface area contributed by atoms with Crippen LogP contribution in [0.5, 0.6) is 0 Å². The van der Waals surface area contributed by atoms with Crippen LogP contribution in [0.25, 0.3) is 0 Å².